The molecule has 0 spiro atoms. The number of pyridine rings is 1. The highest BCUT2D eigenvalue weighted by atomic mass is 79.9. The molecule has 0 aliphatic heterocycles. The van der Waals surface area contributed by atoms with Crippen LogP contribution >= 0.6 is 15.9 Å². The first-order valence-corrected chi connectivity index (χ1v) is 4.83. The zero-order valence-electron chi connectivity index (χ0n) is 7.63. The van der Waals surface area contributed by atoms with Gasteiger partial charge in [0.1, 0.15) is 0 Å². The van der Waals surface area contributed by atoms with Crippen molar-refractivity contribution in [1.29, 1.82) is 0 Å². The number of rotatable bonds is 3. The number of allylic oxidation sites excluding steroid dienone is 1. The Kier molecular flexibility index (Phi) is 6.00. The molecule has 13 heavy (non-hydrogen) atoms. The monoisotopic (exact) mass is 261 g/mol. The number of aryl methyl sites for hydroxylation is 1. The highest BCUT2D eigenvalue weighted by Gasteiger charge is 1.99. The molecule has 0 saturated carbocycles. The van der Waals surface area contributed by atoms with Crippen molar-refractivity contribution in [2.45, 2.75) is 19.9 Å². The molecule has 0 amide bonds. The van der Waals surface area contributed by atoms with Crippen LogP contribution in [0.5, 0.6) is 0 Å². The normalized spacial score (nSPS) is 9.08. The first kappa shape index (κ1) is 12.7. The molecule has 0 radical (unpaired) electrons. The summed E-state index contributed by atoms with van der Waals surface area (Å²) in [5.74, 6) is 0. The van der Waals surface area contributed by atoms with Crippen LogP contribution in [0.1, 0.15) is 12.5 Å². The zero-order chi connectivity index (χ0) is 8.97. The van der Waals surface area contributed by atoms with E-state index in [9.17, 15) is 0 Å². The molecule has 0 aromatic carbocycles. The van der Waals surface area contributed by atoms with Crippen molar-refractivity contribution >= 4 is 15.9 Å². The molecule has 0 saturated heterocycles. The Balaban J connectivity index is 0.00000144. The van der Waals surface area contributed by atoms with Crippen LogP contribution in [0.4, 0.5) is 0 Å². The van der Waals surface area contributed by atoms with Gasteiger partial charge >= 0.3 is 0 Å². The summed E-state index contributed by atoms with van der Waals surface area (Å²) in [7, 11) is 0. The van der Waals surface area contributed by atoms with E-state index in [1.165, 1.54) is 5.56 Å². The third-order valence-electron chi connectivity index (χ3n) is 1.72. The molecule has 0 atom stereocenters. The standard InChI is InChI=1S/C10H13BrN.ClH/c1-3-10-4-6-12(7-5-10)8-9(2)11;/h4-7H,2-3,8H2,1H3;1H/q+1;/p-1. The number of nitrogens with zero attached hydrogens (tertiary/aromatic N) is 1. The van der Waals surface area contributed by atoms with Gasteiger partial charge in [-0.05, 0) is 27.9 Å². The molecule has 0 unspecified atom stereocenters. The summed E-state index contributed by atoms with van der Waals surface area (Å²) in [4.78, 5) is 0. The van der Waals surface area contributed by atoms with Crippen LogP contribution in [0.3, 0.4) is 0 Å². The van der Waals surface area contributed by atoms with Crippen molar-refractivity contribution < 1.29 is 17.0 Å². The highest BCUT2D eigenvalue weighted by molar-refractivity contribution is 9.11. The van der Waals surface area contributed by atoms with E-state index in [1.54, 1.807) is 0 Å². The van der Waals surface area contributed by atoms with E-state index in [0.717, 1.165) is 17.4 Å². The smallest absolute Gasteiger partial charge is 0.179 e. The van der Waals surface area contributed by atoms with E-state index in [-0.39, 0.29) is 12.4 Å². The lowest BCUT2D eigenvalue weighted by molar-refractivity contribution is -0.687. The second-order valence-electron chi connectivity index (χ2n) is 2.75. The number of hydrogen-bond acceptors (Lipinski definition) is 0. The van der Waals surface area contributed by atoms with Crippen molar-refractivity contribution in [2.75, 3.05) is 0 Å². The molecule has 0 bridgehead atoms. The lowest BCUT2D eigenvalue weighted by atomic mass is 10.2. The number of aromatic nitrogens is 1. The largest absolute Gasteiger partial charge is 1.00 e. The van der Waals surface area contributed by atoms with E-state index in [2.05, 4.69) is 58.5 Å². The summed E-state index contributed by atoms with van der Waals surface area (Å²) in [6.45, 7) is 6.78. The quantitative estimate of drug-likeness (QED) is 0.644. The lowest BCUT2D eigenvalue weighted by Crippen LogP contribution is -3.00. The fourth-order valence-corrected chi connectivity index (χ4v) is 1.32. The molecule has 1 heterocycles. The van der Waals surface area contributed by atoms with Gasteiger partial charge in [-0.3, -0.25) is 0 Å². The minimum absolute atomic E-state index is 0. The Morgan fingerprint density at radius 3 is 2.38 bits per heavy atom. The van der Waals surface area contributed by atoms with Crippen molar-refractivity contribution in [1.82, 2.24) is 0 Å². The van der Waals surface area contributed by atoms with Crippen LogP contribution in [0.25, 0.3) is 0 Å². The maximum atomic E-state index is 3.79. The molecule has 1 nitrogen and oxygen atoms in total. The van der Waals surface area contributed by atoms with Gasteiger partial charge in [0.2, 0.25) is 0 Å². The minimum atomic E-state index is 0. The van der Waals surface area contributed by atoms with Crippen LogP contribution in [0.2, 0.25) is 0 Å². The van der Waals surface area contributed by atoms with Crippen molar-refractivity contribution in [3.63, 3.8) is 0 Å². The molecular weight excluding hydrogens is 249 g/mol. The Hall–Kier alpha value is -0.340. The molecule has 1 rings (SSSR count). The summed E-state index contributed by atoms with van der Waals surface area (Å²) in [5, 5.41) is 0. The lowest BCUT2D eigenvalue weighted by Gasteiger charge is -1.95. The Labute approximate surface area is 94.0 Å². The summed E-state index contributed by atoms with van der Waals surface area (Å²) >= 11 is 3.33. The first-order chi connectivity index (χ1) is 5.72. The van der Waals surface area contributed by atoms with Gasteiger partial charge in [-0.1, -0.05) is 13.5 Å². The fourth-order valence-electron chi connectivity index (χ4n) is 1.03. The highest BCUT2D eigenvalue weighted by Crippen LogP contribution is 2.00. The van der Waals surface area contributed by atoms with Gasteiger partial charge in [-0.2, -0.15) is 0 Å². The summed E-state index contributed by atoms with van der Waals surface area (Å²) in [5.41, 5.74) is 1.37. The number of halogens is 2. The maximum Gasteiger partial charge on any atom is 0.179 e. The predicted octanol–water partition coefficient (Wildman–Crippen LogP) is -0.551. The first-order valence-electron chi connectivity index (χ1n) is 4.03. The average Bonchev–Trinajstić information content (AvgIpc) is 2.05. The second-order valence-corrected chi connectivity index (χ2v) is 3.87. The van der Waals surface area contributed by atoms with Crippen LogP contribution in [-0.2, 0) is 13.0 Å². The van der Waals surface area contributed by atoms with Gasteiger partial charge in [0.05, 0.1) is 4.48 Å². The van der Waals surface area contributed by atoms with E-state index < -0.39 is 0 Å². The topological polar surface area (TPSA) is 3.88 Å². The Bertz CT molecular complexity index is 269. The van der Waals surface area contributed by atoms with Crippen LogP contribution in [0.15, 0.2) is 35.6 Å². The van der Waals surface area contributed by atoms with E-state index in [0.29, 0.717) is 0 Å². The SMILES string of the molecule is C=C(Br)C[n+]1ccc(CC)cc1.[Cl-]. The molecule has 72 valence electrons. The molecule has 0 N–H and O–H groups in total. The van der Waals surface area contributed by atoms with Crippen molar-refractivity contribution in [2.24, 2.45) is 0 Å². The minimum Gasteiger partial charge on any atom is -1.00 e. The van der Waals surface area contributed by atoms with Gasteiger partial charge in [-0.15, -0.1) is 0 Å². The third-order valence-corrected chi connectivity index (χ3v) is 1.97. The van der Waals surface area contributed by atoms with Crippen molar-refractivity contribution in [3.05, 3.63) is 41.2 Å². The molecule has 0 aliphatic carbocycles. The molecule has 0 aliphatic rings. The van der Waals surface area contributed by atoms with E-state index in [4.69, 9.17) is 0 Å². The van der Waals surface area contributed by atoms with Gasteiger partial charge in [0.25, 0.3) is 0 Å². The average molecular weight is 263 g/mol. The van der Waals surface area contributed by atoms with Crippen LogP contribution in [0, 0.1) is 0 Å². The van der Waals surface area contributed by atoms with Gasteiger partial charge in [0.15, 0.2) is 18.9 Å². The molecular formula is C10H13BrClN. The summed E-state index contributed by atoms with van der Waals surface area (Å²) < 4.78 is 3.09. The summed E-state index contributed by atoms with van der Waals surface area (Å²) in [6, 6.07) is 4.27. The molecule has 1 aromatic heterocycles. The Morgan fingerprint density at radius 1 is 1.46 bits per heavy atom. The number of hydrogen-bond donors (Lipinski definition) is 0. The van der Waals surface area contributed by atoms with Crippen LogP contribution < -0.4 is 17.0 Å². The van der Waals surface area contributed by atoms with E-state index in [1.807, 2.05) is 0 Å². The molecule has 0 fully saturated rings. The third kappa shape index (κ3) is 4.44. The van der Waals surface area contributed by atoms with Gasteiger partial charge in [0, 0.05) is 12.1 Å². The fraction of sp³-hybridized carbons (Fsp3) is 0.300. The molecule has 1 aromatic rings. The van der Waals surface area contributed by atoms with Crippen molar-refractivity contribution in [3.8, 4) is 0 Å². The van der Waals surface area contributed by atoms with E-state index >= 15 is 0 Å². The molecule has 3 heteroatoms. The maximum absolute atomic E-state index is 3.79. The second kappa shape index (κ2) is 6.17. The Morgan fingerprint density at radius 2 is 2.00 bits per heavy atom. The predicted molar refractivity (Wildman–Crippen MR) is 54.1 cm³/mol. The van der Waals surface area contributed by atoms with Crippen LogP contribution in [-0.4, -0.2) is 0 Å². The van der Waals surface area contributed by atoms with Gasteiger partial charge < -0.3 is 12.4 Å². The van der Waals surface area contributed by atoms with Gasteiger partial charge in [-0.25, -0.2) is 4.57 Å². The zero-order valence-corrected chi connectivity index (χ0v) is 9.98. The summed E-state index contributed by atoms with van der Waals surface area (Å²) in [6.07, 6.45) is 5.24.